The molecule has 20 heavy (non-hydrogen) atoms. The molecule has 1 aliphatic rings. The first-order valence-electron chi connectivity index (χ1n) is 6.98. The fraction of sp³-hybridized carbons (Fsp3) is 0.158. The number of rotatable bonds is 2. The van der Waals surface area contributed by atoms with Crippen molar-refractivity contribution in [2.24, 2.45) is 0 Å². The predicted molar refractivity (Wildman–Crippen MR) is 82.9 cm³/mol. The van der Waals surface area contributed by atoms with Crippen LogP contribution in [0.1, 0.15) is 24.0 Å². The zero-order valence-corrected chi connectivity index (χ0v) is 11.6. The van der Waals surface area contributed by atoms with Gasteiger partial charge in [-0.3, -0.25) is 0 Å². The van der Waals surface area contributed by atoms with Gasteiger partial charge in [-0.15, -0.1) is 0 Å². The minimum Gasteiger partial charge on any atom is -0.207 e. The second-order valence-electron chi connectivity index (χ2n) is 5.14. The van der Waals surface area contributed by atoms with Gasteiger partial charge in [-0.1, -0.05) is 48.6 Å². The highest BCUT2D eigenvalue weighted by Gasteiger charge is 2.11. The Bertz CT molecular complexity index is 678. The van der Waals surface area contributed by atoms with Gasteiger partial charge < -0.3 is 0 Å². The van der Waals surface area contributed by atoms with Crippen LogP contribution in [-0.2, 0) is 0 Å². The van der Waals surface area contributed by atoms with E-state index in [1.807, 2.05) is 37.3 Å². The van der Waals surface area contributed by atoms with Crippen LogP contribution in [0, 0.1) is 12.7 Å². The second-order valence-corrected chi connectivity index (χ2v) is 5.14. The molecule has 0 radical (unpaired) electrons. The van der Waals surface area contributed by atoms with Gasteiger partial charge in [0.05, 0.1) is 0 Å². The number of allylic oxidation sites excluding steroid dienone is 4. The standard InChI is InChI=1S/C19H17F/c1-14-18(16-10-6-3-7-11-16)12-17(13-19(14)20)15-8-4-2-5-9-15/h2,4-6,8-13H,3,7H2,1H3. The summed E-state index contributed by atoms with van der Waals surface area (Å²) < 4.78 is 14.2. The molecule has 0 unspecified atom stereocenters. The SMILES string of the molecule is Cc1c(F)cc(-c2ccccc2)cc1C1=CCCC=C1. The summed E-state index contributed by atoms with van der Waals surface area (Å²) in [6.07, 6.45) is 8.55. The molecule has 0 bridgehead atoms. The van der Waals surface area contributed by atoms with Gasteiger partial charge in [0, 0.05) is 0 Å². The average Bonchev–Trinajstić information content (AvgIpc) is 2.51. The van der Waals surface area contributed by atoms with Crippen LogP contribution >= 0.6 is 0 Å². The highest BCUT2D eigenvalue weighted by atomic mass is 19.1. The number of hydrogen-bond acceptors (Lipinski definition) is 0. The van der Waals surface area contributed by atoms with Crippen LogP contribution in [0.2, 0.25) is 0 Å². The minimum absolute atomic E-state index is 0.138. The summed E-state index contributed by atoms with van der Waals surface area (Å²) in [6, 6.07) is 13.7. The predicted octanol–water partition coefficient (Wildman–Crippen LogP) is 5.53. The Balaban J connectivity index is 2.13. The van der Waals surface area contributed by atoms with Gasteiger partial charge >= 0.3 is 0 Å². The smallest absolute Gasteiger partial charge is 0.127 e. The largest absolute Gasteiger partial charge is 0.207 e. The lowest BCUT2D eigenvalue weighted by molar-refractivity contribution is 0.618. The monoisotopic (exact) mass is 264 g/mol. The van der Waals surface area contributed by atoms with Crippen molar-refractivity contribution in [3.05, 3.63) is 77.6 Å². The van der Waals surface area contributed by atoms with Crippen LogP contribution in [0.3, 0.4) is 0 Å². The van der Waals surface area contributed by atoms with E-state index >= 15 is 0 Å². The van der Waals surface area contributed by atoms with E-state index in [0.29, 0.717) is 0 Å². The molecule has 0 saturated carbocycles. The number of hydrogen-bond donors (Lipinski definition) is 0. The molecule has 0 heterocycles. The Morgan fingerprint density at radius 1 is 0.950 bits per heavy atom. The lowest BCUT2D eigenvalue weighted by Crippen LogP contribution is -1.95. The van der Waals surface area contributed by atoms with E-state index in [-0.39, 0.29) is 5.82 Å². The highest BCUT2D eigenvalue weighted by molar-refractivity contribution is 5.80. The quantitative estimate of drug-likeness (QED) is 0.668. The van der Waals surface area contributed by atoms with Crippen LogP contribution in [-0.4, -0.2) is 0 Å². The Kier molecular flexibility index (Phi) is 3.51. The fourth-order valence-electron chi connectivity index (χ4n) is 2.59. The third-order valence-electron chi connectivity index (χ3n) is 3.76. The summed E-state index contributed by atoms with van der Waals surface area (Å²) in [6.45, 7) is 1.85. The molecule has 0 fully saturated rings. The third-order valence-corrected chi connectivity index (χ3v) is 3.76. The molecule has 1 aliphatic carbocycles. The normalized spacial score (nSPS) is 14.2. The summed E-state index contributed by atoms with van der Waals surface area (Å²) in [5.74, 6) is -0.138. The molecule has 0 amide bonds. The second kappa shape index (κ2) is 5.46. The molecule has 3 rings (SSSR count). The topological polar surface area (TPSA) is 0 Å². The molecule has 0 spiro atoms. The van der Waals surface area contributed by atoms with Gasteiger partial charge in [0.1, 0.15) is 5.82 Å². The van der Waals surface area contributed by atoms with E-state index in [2.05, 4.69) is 24.3 Å². The maximum atomic E-state index is 14.2. The Morgan fingerprint density at radius 3 is 2.45 bits per heavy atom. The number of halogens is 1. The first kappa shape index (κ1) is 12.9. The summed E-state index contributed by atoms with van der Waals surface area (Å²) >= 11 is 0. The van der Waals surface area contributed by atoms with Gasteiger partial charge in [0.2, 0.25) is 0 Å². The molecule has 0 aromatic heterocycles. The van der Waals surface area contributed by atoms with Gasteiger partial charge in [0.25, 0.3) is 0 Å². The first-order chi connectivity index (χ1) is 9.75. The van der Waals surface area contributed by atoms with E-state index in [1.54, 1.807) is 6.07 Å². The lowest BCUT2D eigenvalue weighted by atomic mass is 9.92. The fourth-order valence-corrected chi connectivity index (χ4v) is 2.59. The van der Waals surface area contributed by atoms with Gasteiger partial charge in [0.15, 0.2) is 0 Å². The van der Waals surface area contributed by atoms with Crippen molar-refractivity contribution in [2.45, 2.75) is 19.8 Å². The molecule has 0 atom stereocenters. The van der Waals surface area contributed by atoms with Crippen molar-refractivity contribution < 1.29 is 4.39 Å². The average molecular weight is 264 g/mol. The molecule has 100 valence electrons. The molecule has 0 nitrogen and oxygen atoms in total. The molecule has 0 aliphatic heterocycles. The summed E-state index contributed by atoms with van der Waals surface area (Å²) in [7, 11) is 0. The molecular formula is C19H17F. The Labute approximate surface area is 119 Å². The van der Waals surface area contributed by atoms with Crippen LogP contribution in [0.15, 0.2) is 60.7 Å². The number of benzene rings is 2. The zero-order chi connectivity index (χ0) is 13.9. The van der Waals surface area contributed by atoms with Crippen molar-refractivity contribution in [1.29, 1.82) is 0 Å². The third kappa shape index (κ3) is 2.44. The van der Waals surface area contributed by atoms with E-state index < -0.39 is 0 Å². The van der Waals surface area contributed by atoms with Crippen LogP contribution < -0.4 is 0 Å². The van der Waals surface area contributed by atoms with Crippen LogP contribution in [0.5, 0.6) is 0 Å². The Morgan fingerprint density at radius 2 is 1.75 bits per heavy atom. The van der Waals surface area contributed by atoms with E-state index in [4.69, 9.17) is 0 Å². The Hall–Kier alpha value is -2.15. The molecule has 2 aromatic carbocycles. The first-order valence-corrected chi connectivity index (χ1v) is 6.98. The molecular weight excluding hydrogens is 247 g/mol. The molecule has 2 aromatic rings. The van der Waals surface area contributed by atoms with Crippen LogP contribution in [0.4, 0.5) is 4.39 Å². The maximum absolute atomic E-state index is 14.2. The van der Waals surface area contributed by atoms with E-state index in [0.717, 1.165) is 40.7 Å². The summed E-state index contributed by atoms with van der Waals surface area (Å²) in [5, 5.41) is 0. The lowest BCUT2D eigenvalue weighted by Gasteiger charge is -2.13. The van der Waals surface area contributed by atoms with Gasteiger partial charge in [-0.25, -0.2) is 4.39 Å². The van der Waals surface area contributed by atoms with Crippen LogP contribution in [0.25, 0.3) is 16.7 Å². The van der Waals surface area contributed by atoms with E-state index in [9.17, 15) is 4.39 Å². The zero-order valence-electron chi connectivity index (χ0n) is 11.6. The summed E-state index contributed by atoms with van der Waals surface area (Å²) in [4.78, 5) is 0. The maximum Gasteiger partial charge on any atom is 0.127 e. The van der Waals surface area contributed by atoms with Crippen molar-refractivity contribution in [2.75, 3.05) is 0 Å². The molecule has 0 N–H and O–H groups in total. The highest BCUT2D eigenvalue weighted by Crippen LogP contribution is 2.31. The van der Waals surface area contributed by atoms with Crippen molar-refractivity contribution >= 4 is 5.57 Å². The summed E-state index contributed by atoms with van der Waals surface area (Å²) in [5.41, 5.74) is 4.84. The van der Waals surface area contributed by atoms with Gasteiger partial charge in [-0.2, -0.15) is 0 Å². The van der Waals surface area contributed by atoms with Crippen molar-refractivity contribution in [1.82, 2.24) is 0 Å². The van der Waals surface area contributed by atoms with Crippen molar-refractivity contribution in [3.8, 4) is 11.1 Å². The molecule has 1 heteroatoms. The van der Waals surface area contributed by atoms with Gasteiger partial charge in [-0.05, 0) is 59.7 Å². The van der Waals surface area contributed by atoms with E-state index in [1.165, 1.54) is 0 Å². The molecule has 0 saturated heterocycles. The minimum atomic E-state index is -0.138. The van der Waals surface area contributed by atoms with Crippen molar-refractivity contribution in [3.63, 3.8) is 0 Å².